The molecule has 310 valence electrons. The fourth-order valence-corrected chi connectivity index (χ4v) is 17.8. The van der Waals surface area contributed by atoms with Crippen molar-refractivity contribution in [1.29, 1.82) is 0 Å². The second kappa shape index (κ2) is 13.0. The van der Waals surface area contributed by atoms with Crippen molar-refractivity contribution in [3.8, 4) is 67.5 Å². The molecule has 4 heteroatoms. The number of benzene rings is 9. The Bertz CT molecular complexity index is 3620. The zero-order chi connectivity index (χ0) is 42.8. The van der Waals surface area contributed by atoms with E-state index >= 15 is 0 Å². The highest BCUT2D eigenvalue weighted by Gasteiger charge is 2.63. The molecule has 0 atom stereocenters. The third-order valence-electron chi connectivity index (χ3n) is 17.2. The minimum Gasteiger partial charge on any atom is -0.208 e. The van der Waals surface area contributed by atoms with Gasteiger partial charge in [0.1, 0.15) is 8.07 Å². The van der Waals surface area contributed by atoms with E-state index in [0.717, 1.165) is 33.9 Å². The van der Waals surface area contributed by atoms with E-state index in [9.17, 15) is 0 Å². The molecule has 0 amide bonds. The summed E-state index contributed by atoms with van der Waals surface area (Å²) in [7, 11) is -1.85. The van der Waals surface area contributed by atoms with Gasteiger partial charge in [0.05, 0.1) is 0 Å². The molecular weight excluding hydrogens is 803 g/mol. The lowest BCUT2D eigenvalue weighted by atomic mass is 9.42. The Labute approximate surface area is 380 Å². The molecule has 65 heavy (non-hydrogen) atoms. The average Bonchev–Trinajstić information content (AvgIpc) is 3.77. The average molecular weight is 850 g/mol. The fourth-order valence-electron chi connectivity index (χ4n) is 14.8. The molecule has 9 aromatic carbocycles. The van der Waals surface area contributed by atoms with E-state index in [0.29, 0.717) is 29.3 Å². The van der Waals surface area contributed by atoms with E-state index in [1.165, 1.54) is 86.9 Å². The second-order valence-electron chi connectivity index (χ2n) is 20.7. The van der Waals surface area contributed by atoms with Crippen molar-refractivity contribution in [2.75, 3.05) is 0 Å². The fraction of sp³-hybridized carbons (Fsp3) is 0.197. The van der Waals surface area contributed by atoms with Gasteiger partial charge in [-0.15, -0.1) is 0 Å². The Morgan fingerprint density at radius 2 is 1.05 bits per heavy atom. The van der Waals surface area contributed by atoms with E-state index in [1.54, 1.807) is 27.1 Å². The number of nitrogens with zero attached hydrogens (tertiary/aromatic N) is 3. The summed E-state index contributed by atoms with van der Waals surface area (Å²) in [6.07, 6.45) is 7.00. The van der Waals surface area contributed by atoms with Gasteiger partial charge < -0.3 is 0 Å². The maximum absolute atomic E-state index is 5.35. The number of aromatic nitrogens is 3. The van der Waals surface area contributed by atoms with Gasteiger partial charge in [-0.3, -0.25) is 0 Å². The molecule has 0 radical (unpaired) electrons. The number of rotatable bonds is 4. The van der Waals surface area contributed by atoms with E-state index in [4.69, 9.17) is 15.0 Å². The molecule has 10 aromatic rings. The van der Waals surface area contributed by atoms with Gasteiger partial charge in [0.2, 0.25) is 0 Å². The molecule has 16 rings (SSSR count). The Morgan fingerprint density at radius 3 is 1.85 bits per heavy atom. The Kier molecular flexibility index (Phi) is 7.29. The first-order valence-electron chi connectivity index (χ1n) is 23.9. The van der Waals surface area contributed by atoms with Crippen LogP contribution in [-0.2, 0) is 5.41 Å². The third kappa shape index (κ3) is 4.88. The Morgan fingerprint density at radius 1 is 0.431 bits per heavy atom. The minimum absolute atomic E-state index is 0.0893. The van der Waals surface area contributed by atoms with Crippen LogP contribution in [0.3, 0.4) is 0 Å². The van der Waals surface area contributed by atoms with Gasteiger partial charge in [-0.05, 0) is 161 Å². The SMILES string of the molecule is C[Si]1(C)c2ccccc2-c2c1ccc1c2C2(c3ccc(-c4cccc(-c5nc(-c6ccccc6)nc(-c6ccc7ccc8cccc9ccc6c7c89)n5)c4)cc3-1)C1CC3CC(C1)CC2C3. The lowest BCUT2D eigenvalue weighted by Crippen LogP contribution is -2.56. The molecule has 0 unspecified atom stereocenters. The van der Waals surface area contributed by atoms with Gasteiger partial charge in [-0.1, -0.05) is 159 Å². The van der Waals surface area contributed by atoms with Gasteiger partial charge >= 0.3 is 0 Å². The Balaban J connectivity index is 0.901. The zero-order valence-corrected chi connectivity index (χ0v) is 37.8. The first kappa shape index (κ1) is 36.6. The first-order valence-corrected chi connectivity index (χ1v) is 26.9. The topological polar surface area (TPSA) is 38.7 Å². The monoisotopic (exact) mass is 849 g/mol. The maximum atomic E-state index is 5.35. The van der Waals surface area contributed by atoms with Crippen LogP contribution in [0.5, 0.6) is 0 Å². The lowest BCUT2D eigenvalue weighted by Gasteiger charge is -2.61. The predicted octanol–water partition coefficient (Wildman–Crippen LogP) is 14.0. The molecule has 0 N–H and O–H groups in total. The van der Waals surface area contributed by atoms with Gasteiger partial charge in [-0.25, -0.2) is 15.0 Å². The van der Waals surface area contributed by atoms with Gasteiger partial charge in [-0.2, -0.15) is 0 Å². The van der Waals surface area contributed by atoms with Crippen LogP contribution < -0.4 is 10.4 Å². The molecule has 3 nitrogen and oxygen atoms in total. The highest BCUT2D eigenvalue weighted by Crippen LogP contribution is 2.70. The van der Waals surface area contributed by atoms with Crippen LogP contribution >= 0.6 is 0 Å². The molecule has 1 aliphatic heterocycles. The van der Waals surface area contributed by atoms with Crippen molar-refractivity contribution in [1.82, 2.24) is 15.0 Å². The van der Waals surface area contributed by atoms with Crippen molar-refractivity contribution < 1.29 is 0 Å². The predicted molar refractivity (Wildman–Crippen MR) is 271 cm³/mol. The third-order valence-corrected chi connectivity index (χ3v) is 20.8. The highest BCUT2D eigenvalue weighted by molar-refractivity contribution is 7.03. The number of hydrogen-bond donors (Lipinski definition) is 0. The number of hydrogen-bond acceptors (Lipinski definition) is 3. The molecule has 4 saturated carbocycles. The molecule has 4 fully saturated rings. The van der Waals surface area contributed by atoms with Gasteiger partial charge in [0.15, 0.2) is 17.5 Å². The van der Waals surface area contributed by atoms with Crippen molar-refractivity contribution in [3.05, 3.63) is 175 Å². The summed E-state index contributed by atoms with van der Waals surface area (Å²) in [5.74, 6) is 5.27. The summed E-state index contributed by atoms with van der Waals surface area (Å²) in [5.41, 5.74) is 14.9. The van der Waals surface area contributed by atoms with Crippen LogP contribution in [0.4, 0.5) is 0 Å². The standard InChI is InChI=1S/C61H47N3Si/c1-65(2)52-17-7-6-16-49(52)56-53(65)27-25-47-50-34-42(22-26-51(50)61(57(47)56)44-29-35-28-36(31-44)32-45(61)30-35)41-14-9-15-43(33-41)59-62-58(40-10-4-3-5-11-40)63-60(64-59)48-24-21-39-19-18-37-12-8-13-38-20-23-46(48)55(39)54(37)38/h3-27,33-36,44-45H,28-32H2,1-2H3. The first-order chi connectivity index (χ1) is 31.9. The second-order valence-corrected chi connectivity index (χ2v) is 25.1. The van der Waals surface area contributed by atoms with Crippen molar-refractivity contribution >= 4 is 50.8 Å². The summed E-state index contributed by atoms with van der Waals surface area (Å²) in [6, 6.07) is 61.4. The van der Waals surface area contributed by atoms with Crippen molar-refractivity contribution in [3.63, 3.8) is 0 Å². The maximum Gasteiger partial charge on any atom is 0.164 e. The van der Waals surface area contributed by atoms with Crippen LogP contribution in [-0.4, -0.2) is 23.0 Å². The summed E-state index contributed by atoms with van der Waals surface area (Å²) in [5, 5.41) is 10.7. The van der Waals surface area contributed by atoms with Gasteiger partial charge in [0, 0.05) is 22.1 Å². The lowest BCUT2D eigenvalue weighted by molar-refractivity contribution is -0.0396. The van der Waals surface area contributed by atoms with Crippen LogP contribution in [0.1, 0.15) is 43.2 Å². The largest absolute Gasteiger partial charge is 0.208 e. The molecule has 4 bridgehead atoms. The number of fused-ring (bicyclic) bond motifs is 7. The van der Waals surface area contributed by atoms with Crippen LogP contribution in [0, 0.1) is 23.7 Å². The van der Waals surface area contributed by atoms with Crippen molar-refractivity contribution in [2.24, 2.45) is 23.7 Å². The summed E-state index contributed by atoms with van der Waals surface area (Å²) in [4.78, 5) is 15.8. The normalized spacial score (nSPS) is 22.8. The molecule has 2 heterocycles. The Hall–Kier alpha value is -6.75. The quantitative estimate of drug-likeness (QED) is 0.131. The van der Waals surface area contributed by atoms with Gasteiger partial charge in [0.25, 0.3) is 0 Å². The molecular formula is C61H47N3Si. The molecule has 5 aliphatic carbocycles. The van der Waals surface area contributed by atoms with Crippen LogP contribution in [0.2, 0.25) is 13.1 Å². The summed E-state index contributed by atoms with van der Waals surface area (Å²) < 4.78 is 0. The molecule has 1 aromatic heterocycles. The minimum atomic E-state index is -1.85. The molecule has 1 spiro atoms. The summed E-state index contributed by atoms with van der Waals surface area (Å²) in [6.45, 7) is 5.18. The van der Waals surface area contributed by atoms with E-state index in [1.807, 2.05) is 6.07 Å². The van der Waals surface area contributed by atoms with E-state index in [-0.39, 0.29) is 5.41 Å². The van der Waals surface area contributed by atoms with E-state index < -0.39 is 8.07 Å². The summed E-state index contributed by atoms with van der Waals surface area (Å²) >= 11 is 0. The highest BCUT2D eigenvalue weighted by atomic mass is 28.3. The van der Waals surface area contributed by atoms with Crippen LogP contribution in [0.25, 0.3) is 99.9 Å². The molecule has 6 aliphatic rings. The van der Waals surface area contributed by atoms with E-state index in [2.05, 4.69) is 171 Å². The van der Waals surface area contributed by atoms with Crippen molar-refractivity contribution in [2.45, 2.75) is 50.6 Å². The smallest absolute Gasteiger partial charge is 0.164 e. The molecule has 0 saturated heterocycles. The zero-order valence-electron chi connectivity index (χ0n) is 36.8. The van der Waals surface area contributed by atoms with Crippen LogP contribution in [0.15, 0.2) is 164 Å².